The molecule has 22 heavy (non-hydrogen) atoms. The van der Waals surface area contributed by atoms with Gasteiger partial charge in [-0.2, -0.15) is 0 Å². The van der Waals surface area contributed by atoms with Crippen LogP contribution in [-0.2, 0) is 16.6 Å². The molecule has 0 aliphatic carbocycles. The normalized spacial score (nSPS) is 12.2. The second-order valence-electron chi connectivity index (χ2n) is 4.74. The lowest BCUT2D eigenvalue weighted by Gasteiger charge is -2.23. The molecular weight excluding hydrogens is 341 g/mol. The largest absolute Gasteiger partial charge is 0.265 e. The summed E-state index contributed by atoms with van der Waals surface area (Å²) in [6.45, 7) is 2.00. The molecule has 0 spiro atoms. The van der Waals surface area contributed by atoms with Crippen LogP contribution in [0.5, 0.6) is 0 Å². The van der Waals surface area contributed by atoms with Crippen molar-refractivity contribution in [3.8, 4) is 0 Å². The lowest BCUT2D eigenvalue weighted by atomic mass is 10.2. The van der Waals surface area contributed by atoms with Gasteiger partial charge in [-0.25, -0.2) is 8.42 Å². The number of hydrogen-bond acceptors (Lipinski definition) is 2. The van der Waals surface area contributed by atoms with Crippen molar-refractivity contribution in [2.75, 3.05) is 0 Å². The molecule has 2 rings (SSSR count). The summed E-state index contributed by atoms with van der Waals surface area (Å²) in [5.41, 5.74) is 2.85. The maximum absolute atomic E-state index is 12.8. The quantitative estimate of drug-likeness (QED) is 0.742. The summed E-state index contributed by atoms with van der Waals surface area (Å²) in [6.07, 6.45) is 0. The van der Waals surface area contributed by atoms with Crippen LogP contribution in [0.1, 0.15) is 11.1 Å². The SMILES string of the molecule is Cc1ccc(S(=O)(=O)N(Cc2ccccc2)/C(Cl)=C\Cl)cc1. The van der Waals surface area contributed by atoms with Crippen molar-refractivity contribution in [2.24, 2.45) is 0 Å². The van der Waals surface area contributed by atoms with E-state index in [2.05, 4.69) is 0 Å². The molecular formula is C16H15Cl2NO2S. The Labute approximate surface area is 140 Å². The number of sulfonamides is 1. The van der Waals surface area contributed by atoms with Gasteiger partial charge in [0.25, 0.3) is 10.0 Å². The van der Waals surface area contributed by atoms with Gasteiger partial charge in [-0.15, -0.1) is 0 Å². The number of halogens is 2. The van der Waals surface area contributed by atoms with Crippen molar-refractivity contribution in [1.29, 1.82) is 0 Å². The summed E-state index contributed by atoms with van der Waals surface area (Å²) < 4.78 is 26.7. The fraction of sp³-hybridized carbons (Fsp3) is 0.125. The number of hydrogen-bond donors (Lipinski definition) is 0. The molecule has 0 atom stereocenters. The van der Waals surface area contributed by atoms with E-state index in [1.807, 2.05) is 37.3 Å². The first-order valence-electron chi connectivity index (χ1n) is 6.54. The van der Waals surface area contributed by atoms with Crippen LogP contribution >= 0.6 is 23.2 Å². The fourth-order valence-electron chi connectivity index (χ4n) is 1.92. The molecule has 3 nitrogen and oxygen atoms in total. The second kappa shape index (κ2) is 7.18. The van der Waals surface area contributed by atoms with E-state index in [0.717, 1.165) is 21.0 Å². The second-order valence-corrected chi connectivity index (χ2v) is 7.21. The van der Waals surface area contributed by atoms with Crippen LogP contribution in [0, 0.1) is 6.92 Å². The van der Waals surface area contributed by atoms with E-state index in [1.54, 1.807) is 24.3 Å². The van der Waals surface area contributed by atoms with E-state index in [1.165, 1.54) is 0 Å². The standard InChI is InChI=1S/C16H15Cl2NO2S/c1-13-7-9-15(10-8-13)22(20,21)19(16(18)11-17)12-14-5-3-2-4-6-14/h2-11H,12H2,1H3/b16-11-. The molecule has 0 aromatic heterocycles. The molecule has 0 aliphatic heterocycles. The third kappa shape index (κ3) is 3.83. The Hall–Kier alpha value is -1.49. The van der Waals surface area contributed by atoms with Gasteiger partial charge in [-0.05, 0) is 24.6 Å². The zero-order chi connectivity index (χ0) is 16.2. The molecule has 0 saturated carbocycles. The highest BCUT2D eigenvalue weighted by molar-refractivity contribution is 7.89. The summed E-state index contributed by atoms with van der Waals surface area (Å²) in [6, 6.07) is 15.8. The highest BCUT2D eigenvalue weighted by Crippen LogP contribution is 2.25. The van der Waals surface area contributed by atoms with E-state index in [-0.39, 0.29) is 16.6 Å². The Bertz CT molecular complexity index is 756. The molecule has 2 aromatic carbocycles. The van der Waals surface area contributed by atoms with E-state index in [4.69, 9.17) is 23.2 Å². The first-order valence-corrected chi connectivity index (χ1v) is 8.80. The van der Waals surface area contributed by atoms with Crippen LogP contribution in [0.25, 0.3) is 0 Å². The topological polar surface area (TPSA) is 37.4 Å². The number of rotatable bonds is 5. The van der Waals surface area contributed by atoms with Gasteiger partial charge in [0.2, 0.25) is 0 Å². The van der Waals surface area contributed by atoms with Gasteiger partial charge >= 0.3 is 0 Å². The molecule has 0 fully saturated rings. The average molecular weight is 356 g/mol. The third-order valence-electron chi connectivity index (χ3n) is 3.11. The van der Waals surface area contributed by atoms with Crippen LogP contribution < -0.4 is 0 Å². The molecule has 0 amide bonds. The molecule has 0 heterocycles. The Kier molecular flexibility index (Phi) is 5.51. The van der Waals surface area contributed by atoms with E-state index < -0.39 is 10.0 Å². The summed E-state index contributed by atoms with van der Waals surface area (Å²) in [4.78, 5) is 0.172. The number of nitrogens with zero attached hydrogens (tertiary/aromatic N) is 1. The van der Waals surface area contributed by atoms with Crippen molar-refractivity contribution in [2.45, 2.75) is 18.4 Å². The predicted molar refractivity (Wildman–Crippen MR) is 90.1 cm³/mol. The summed E-state index contributed by atoms with van der Waals surface area (Å²) in [5.74, 6) is 0. The van der Waals surface area contributed by atoms with Crippen molar-refractivity contribution in [1.82, 2.24) is 4.31 Å². The van der Waals surface area contributed by atoms with E-state index >= 15 is 0 Å². The van der Waals surface area contributed by atoms with Crippen molar-refractivity contribution >= 4 is 33.2 Å². The number of aryl methyl sites for hydroxylation is 1. The zero-order valence-corrected chi connectivity index (χ0v) is 14.2. The zero-order valence-electron chi connectivity index (χ0n) is 11.9. The van der Waals surface area contributed by atoms with Gasteiger partial charge in [0.15, 0.2) is 0 Å². The number of benzene rings is 2. The highest BCUT2D eigenvalue weighted by Gasteiger charge is 2.26. The molecule has 0 radical (unpaired) electrons. The maximum Gasteiger partial charge on any atom is 0.265 e. The van der Waals surface area contributed by atoms with Crippen molar-refractivity contribution < 1.29 is 8.42 Å². The maximum atomic E-state index is 12.8. The Balaban J connectivity index is 2.42. The van der Waals surface area contributed by atoms with Crippen LogP contribution in [0.15, 0.2) is 70.2 Å². The van der Waals surface area contributed by atoms with Gasteiger partial charge in [0.05, 0.1) is 11.4 Å². The average Bonchev–Trinajstić information content (AvgIpc) is 2.53. The smallest absolute Gasteiger partial charge is 0.250 e. The van der Waals surface area contributed by atoms with E-state index in [0.29, 0.717) is 0 Å². The molecule has 0 unspecified atom stereocenters. The molecule has 0 N–H and O–H groups in total. The summed E-state index contributed by atoms with van der Waals surface area (Å²) in [5, 5.41) is -0.0499. The minimum atomic E-state index is -3.78. The van der Waals surface area contributed by atoms with E-state index in [9.17, 15) is 8.42 Å². The molecule has 116 valence electrons. The monoisotopic (exact) mass is 355 g/mol. The first-order chi connectivity index (χ1) is 10.4. The predicted octanol–water partition coefficient (Wildman–Crippen LogP) is 4.46. The lowest BCUT2D eigenvalue weighted by Crippen LogP contribution is -2.28. The Morgan fingerprint density at radius 3 is 2.23 bits per heavy atom. The third-order valence-corrected chi connectivity index (χ3v) is 5.61. The minimum absolute atomic E-state index is 0.0499. The van der Waals surface area contributed by atoms with Crippen LogP contribution in [0.2, 0.25) is 0 Å². The summed E-state index contributed by atoms with van der Waals surface area (Å²) in [7, 11) is -3.78. The lowest BCUT2D eigenvalue weighted by molar-refractivity contribution is 0.488. The molecule has 0 bridgehead atoms. The summed E-state index contributed by atoms with van der Waals surface area (Å²) >= 11 is 11.7. The molecule has 6 heteroatoms. The van der Waals surface area contributed by atoms with Crippen molar-refractivity contribution in [3.63, 3.8) is 0 Å². The Morgan fingerprint density at radius 1 is 1.09 bits per heavy atom. The van der Waals surface area contributed by atoms with Crippen LogP contribution in [0.3, 0.4) is 0 Å². The van der Waals surface area contributed by atoms with Gasteiger partial charge in [-0.3, -0.25) is 4.31 Å². The highest BCUT2D eigenvalue weighted by atomic mass is 35.5. The fourth-order valence-corrected chi connectivity index (χ4v) is 3.76. The van der Waals surface area contributed by atoms with Crippen LogP contribution in [0.4, 0.5) is 0 Å². The molecule has 2 aromatic rings. The molecule has 0 saturated heterocycles. The first kappa shape index (κ1) is 16.9. The Morgan fingerprint density at radius 2 is 1.68 bits per heavy atom. The van der Waals surface area contributed by atoms with Crippen molar-refractivity contribution in [3.05, 3.63) is 76.4 Å². The van der Waals surface area contributed by atoms with Gasteiger partial charge in [0.1, 0.15) is 5.16 Å². The van der Waals surface area contributed by atoms with Gasteiger partial charge in [0, 0.05) is 5.54 Å². The van der Waals surface area contributed by atoms with Crippen LogP contribution in [-0.4, -0.2) is 12.7 Å². The van der Waals surface area contributed by atoms with Gasteiger partial charge < -0.3 is 0 Å². The molecule has 0 aliphatic rings. The van der Waals surface area contributed by atoms with Gasteiger partial charge in [-0.1, -0.05) is 71.2 Å². The minimum Gasteiger partial charge on any atom is -0.250 e.